The van der Waals surface area contributed by atoms with Crippen LogP contribution in [-0.2, 0) is 9.59 Å². The molecule has 3 rings (SSSR count). The van der Waals surface area contributed by atoms with Crippen LogP contribution in [0.25, 0.3) is 6.08 Å². The number of para-hydroxylation sites is 1. The maximum absolute atomic E-state index is 13.0. The highest BCUT2D eigenvalue weighted by molar-refractivity contribution is 8.18. The molecular formula is C19H15FN2O4S. The molecule has 27 heavy (non-hydrogen) atoms. The van der Waals surface area contributed by atoms with E-state index in [0.717, 1.165) is 11.8 Å². The molecule has 1 saturated heterocycles. The zero-order chi connectivity index (χ0) is 19.2. The Morgan fingerprint density at radius 2 is 1.96 bits per heavy atom. The average Bonchev–Trinajstić information content (AvgIpc) is 2.97. The van der Waals surface area contributed by atoms with Crippen molar-refractivity contribution in [3.05, 3.63) is 64.8 Å². The van der Waals surface area contributed by atoms with Crippen molar-refractivity contribution in [2.45, 2.75) is 6.42 Å². The van der Waals surface area contributed by atoms with Gasteiger partial charge in [0.1, 0.15) is 11.6 Å². The molecule has 0 atom stereocenters. The number of nitrogens with one attached hydrogen (secondary N) is 1. The average molecular weight is 386 g/mol. The molecule has 0 aromatic heterocycles. The first-order valence-electron chi connectivity index (χ1n) is 8.00. The number of hydrogen-bond acceptors (Lipinski definition) is 5. The van der Waals surface area contributed by atoms with Gasteiger partial charge in [-0.1, -0.05) is 18.2 Å². The second-order valence-electron chi connectivity index (χ2n) is 5.49. The number of carboxylic acid groups (broad SMARTS) is 1. The van der Waals surface area contributed by atoms with Crippen LogP contribution in [0.4, 0.5) is 10.1 Å². The van der Waals surface area contributed by atoms with Gasteiger partial charge in [-0.3, -0.25) is 9.59 Å². The summed E-state index contributed by atoms with van der Waals surface area (Å²) >= 11 is 1.16. The smallest absolute Gasteiger partial charge is 0.306 e. The predicted octanol–water partition coefficient (Wildman–Crippen LogP) is 3.57. The molecule has 0 saturated carbocycles. The number of carboxylic acids is 1. The van der Waals surface area contributed by atoms with Crippen LogP contribution in [0.3, 0.4) is 0 Å². The third-order valence-corrected chi connectivity index (χ3v) is 4.40. The van der Waals surface area contributed by atoms with Crippen molar-refractivity contribution in [2.75, 3.05) is 6.61 Å². The van der Waals surface area contributed by atoms with Gasteiger partial charge in [0.05, 0.1) is 23.6 Å². The number of benzene rings is 2. The molecular weight excluding hydrogens is 371 g/mol. The lowest BCUT2D eigenvalue weighted by Crippen LogP contribution is -2.19. The fraction of sp³-hybridized carbons (Fsp3) is 0.105. The molecule has 0 bridgehead atoms. The molecule has 2 N–H and O–H groups in total. The summed E-state index contributed by atoms with van der Waals surface area (Å²) in [5, 5.41) is 11.8. The normalized spacial score (nSPS) is 16.6. The van der Waals surface area contributed by atoms with Crippen molar-refractivity contribution < 1.29 is 23.8 Å². The van der Waals surface area contributed by atoms with E-state index in [4.69, 9.17) is 9.84 Å². The van der Waals surface area contributed by atoms with Crippen molar-refractivity contribution in [2.24, 2.45) is 4.99 Å². The first kappa shape index (κ1) is 18.7. The quantitative estimate of drug-likeness (QED) is 0.741. The summed E-state index contributed by atoms with van der Waals surface area (Å²) in [6.07, 6.45) is 1.54. The first-order chi connectivity index (χ1) is 13.0. The largest absolute Gasteiger partial charge is 0.492 e. The number of hydrogen-bond donors (Lipinski definition) is 2. The van der Waals surface area contributed by atoms with E-state index in [0.29, 0.717) is 27.1 Å². The van der Waals surface area contributed by atoms with Gasteiger partial charge in [-0.2, -0.15) is 0 Å². The highest BCUT2D eigenvalue weighted by Crippen LogP contribution is 2.30. The van der Waals surface area contributed by atoms with E-state index >= 15 is 0 Å². The maximum Gasteiger partial charge on any atom is 0.306 e. The lowest BCUT2D eigenvalue weighted by molar-refractivity contribution is -0.137. The Balaban J connectivity index is 1.76. The van der Waals surface area contributed by atoms with E-state index in [1.165, 1.54) is 24.3 Å². The number of aliphatic carboxylic acids is 1. The third-order valence-electron chi connectivity index (χ3n) is 3.49. The van der Waals surface area contributed by atoms with Gasteiger partial charge in [-0.15, -0.1) is 0 Å². The number of carbonyl (C=O) groups excluding carboxylic acids is 1. The van der Waals surface area contributed by atoms with E-state index in [-0.39, 0.29) is 24.8 Å². The number of thioether (sulfide) groups is 1. The minimum absolute atomic E-state index is 0.0339. The molecule has 1 fully saturated rings. The summed E-state index contributed by atoms with van der Waals surface area (Å²) in [5.74, 6) is -1.12. The van der Waals surface area contributed by atoms with Crippen molar-refractivity contribution in [3.8, 4) is 5.75 Å². The van der Waals surface area contributed by atoms with Gasteiger partial charge in [0, 0.05) is 5.56 Å². The first-order valence-corrected chi connectivity index (χ1v) is 8.82. The highest BCUT2D eigenvalue weighted by Gasteiger charge is 2.24. The van der Waals surface area contributed by atoms with E-state index in [9.17, 15) is 14.0 Å². The van der Waals surface area contributed by atoms with Gasteiger partial charge in [-0.05, 0) is 48.2 Å². The fourth-order valence-electron chi connectivity index (χ4n) is 2.23. The number of amidine groups is 1. The lowest BCUT2D eigenvalue weighted by Gasteiger charge is -2.08. The minimum atomic E-state index is -0.946. The predicted molar refractivity (Wildman–Crippen MR) is 101 cm³/mol. The molecule has 1 aliphatic rings. The summed E-state index contributed by atoms with van der Waals surface area (Å²) in [6, 6.07) is 12.7. The SMILES string of the molecule is O=C(O)CCOc1ccccc1/C=C1/SC(=Nc2ccc(F)cc2)NC1=O. The zero-order valence-corrected chi connectivity index (χ0v) is 14.8. The van der Waals surface area contributed by atoms with Crippen LogP contribution in [0.1, 0.15) is 12.0 Å². The Morgan fingerprint density at radius 3 is 2.70 bits per heavy atom. The van der Waals surface area contributed by atoms with Crippen LogP contribution in [0.5, 0.6) is 5.75 Å². The second-order valence-corrected chi connectivity index (χ2v) is 6.52. The molecule has 1 heterocycles. The van der Waals surface area contributed by atoms with Crippen molar-refractivity contribution in [1.29, 1.82) is 0 Å². The number of nitrogens with zero attached hydrogens (tertiary/aromatic N) is 1. The Kier molecular flexibility index (Phi) is 5.87. The molecule has 2 aromatic carbocycles. The number of rotatable bonds is 6. The topological polar surface area (TPSA) is 88.0 Å². The lowest BCUT2D eigenvalue weighted by atomic mass is 10.2. The number of carbonyl (C=O) groups is 2. The highest BCUT2D eigenvalue weighted by atomic mass is 32.2. The van der Waals surface area contributed by atoms with E-state index in [1.54, 1.807) is 30.3 Å². The molecule has 0 aliphatic carbocycles. The van der Waals surface area contributed by atoms with Gasteiger partial charge in [0.2, 0.25) is 0 Å². The molecule has 1 amide bonds. The van der Waals surface area contributed by atoms with Crippen LogP contribution in [0.2, 0.25) is 0 Å². The molecule has 138 valence electrons. The minimum Gasteiger partial charge on any atom is -0.492 e. The van der Waals surface area contributed by atoms with Crippen LogP contribution >= 0.6 is 11.8 Å². The molecule has 6 nitrogen and oxygen atoms in total. The van der Waals surface area contributed by atoms with Gasteiger partial charge < -0.3 is 15.2 Å². The fourth-order valence-corrected chi connectivity index (χ4v) is 3.07. The van der Waals surface area contributed by atoms with Crippen molar-refractivity contribution >= 4 is 40.6 Å². The standard InChI is InChI=1S/C19H15FN2O4S/c20-13-5-7-14(8-6-13)21-19-22-18(25)16(27-19)11-12-3-1-2-4-15(12)26-10-9-17(23)24/h1-8,11H,9-10H2,(H,23,24)(H,21,22,25)/b16-11+. The second kappa shape index (κ2) is 8.50. The monoisotopic (exact) mass is 386 g/mol. The molecule has 0 spiro atoms. The number of ether oxygens (including phenoxy) is 1. The summed E-state index contributed by atoms with van der Waals surface area (Å²) in [7, 11) is 0. The maximum atomic E-state index is 13.0. The van der Waals surface area contributed by atoms with E-state index in [2.05, 4.69) is 10.3 Å². The Labute approximate surface area is 158 Å². The zero-order valence-electron chi connectivity index (χ0n) is 14.0. The van der Waals surface area contributed by atoms with Gasteiger partial charge in [-0.25, -0.2) is 9.38 Å². The van der Waals surface area contributed by atoms with Crippen LogP contribution < -0.4 is 10.1 Å². The Bertz CT molecular complexity index is 926. The molecule has 8 heteroatoms. The summed E-state index contributed by atoms with van der Waals surface area (Å²) in [6.45, 7) is 0.0339. The van der Waals surface area contributed by atoms with Crippen LogP contribution in [0.15, 0.2) is 58.4 Å². The van der Waals surface area contributed by atoms with E-state index < -0.39 is 5.97 Å². The van der Waals surface area contributed by atoms with Crippen LogP contribution in [0, 0.1) is 5.82 Å². The molecule has 2 aromatic rings. The third kappa shape index (κ3) is 5.18. The summed E-state index contributed by atoms with van der Waals surface area (Å²) in [4.78, 5) is 27.5. The Morgan fingerprint density at radius 1 is 1.22 bits per heavy atom. The molecule has 0 radical (unpaired) electrons. The number of amides is 1. The van der Waals surface area contributed by atoms with Gasteiger partial charge >= 0.3 is 5.97 Å². The van der Waals surface area contributed by atoms with Crippen molar-refractivity contribution in [3.63, 3.8) is 0 Å². The number of aliphatic imine (C=N–C) groups is 1. The number of halogens is 1. The van der Waals surface area contributed by atoms with Gasteiger partial charge in [0.15, 0.2) is 5.17 Å². The molecule has 0 unspecified atom stereocenters. The molecule has 1 aliphatic heterocycles. The summed E-state index contributed by atoms with van der Waals surface area (Å²) in [5.41, 5.74) is 1.18. The van der Waals surface area contributed by atoms with E-state index in [1.807, 2.05) is 0 Å². The van der Waals surface area contributed by atoms with Gasteiger partial charge in [0.25, 0.3) is 5.91 Å². The Hall–Kier alpha value is -3.13. The van der Waals surface area contributed by atoms with Crippen LogP contribution in [-0.4, -0.2) is 28.8 Å². The summed E-state index contributed by atoms with van der Waals surface area (Å²) < 4.78 is 18.5. The van der Waals surface area contributed by atoms with Crippen molar-refractivity contribution in [1.82, 2.24) is 5.32 Å².